The molecule has 0 aromatic heterocycles. The maximum atomic E-state index is 11.9. The molecule has 0 heterocycles. The first-order chi connectivity index (χ1) is 5.99. The van der Waals surface area contributed by atoms with Crippen LogP contribution < -0.4 is 0 Å². The lowest BCUT2D eigenvalue weighted by Crippen LogP contribution is -2.35. The molecule has 0 aliphatic rings. The van der Waals surface area contributed by atoms with Gasteiger partial charge in [-0.1, -0.05) is 33.6 Å². The monoisotopic (exact) mass is 279 g/mol. The summed E-state index contributed by atoms with van der Waals surface area (Å²) in [6.07, 6.45) is -2.67. The van der Waals surface area contributed by atoms with Gasteiger partial charge in [0, 0.05) is 24.0 Å². The van der Waals surface area contributed by atoms with Gasteiger partial charge in [-0.15, -0.1) is 0 Å². The van der Waals surface area contributed by atoms with Crippen LogP contribution in [0.2, 0.25) is 0 Å². The highest BCUT2D eigenvalue weighted by Gasteiger charge is 2.29. The van der Waals surface area contributed by atoms with E-state index >= 15 is 0 Å². The summed E-state index contributed by atoms with van der Waals surface area (Å²) in [5.74, 6) is 0. The summed E-state index contributed by atoms with van der Waals surface area (Å²) in [6.45, 7) is -0.338. The largest absolute Gasteiger partial charge is 0.401 e. The maximum Gasteiger partial charge on any atom is 0.401 e. The van der Waals surface area contributed by atoms with E-state index in [4.69, 9.17) is 11.6 Å². The summed E-state index contributed by atoms with van der Waals surface area (Å²) in [5.41, 5.74) is 1.22. The van der Waals surface area contributed by atoms with E-state index in [1.807, 2.05) is 0 Å². The molecule has 0 rings (SSSR count). The van der Waals surface area contributed by atoms with Gasteiger partial charge >= 0.3 is 6.18 Å². The second-order valence-electron chi connectivity index (χ2n) is 2.40. The van der Waals surface area contributed by atoms with E-state index in [0.29, 0.717) is 11.9 Å². The fourth-order valence-corrected chi connectivity index (χ4v) is 1.38. The first-order valence-electron chi connectivity index (χ1n) is 3.60. The van der Waals surface area contributed by atoms with Crippen molar-refractivity contribution in [2.24, 2.45) is 0 Å². The van der Waals surface area contributed by atoms with Crippen LogP contribution in [-0.4, -0.2) is 36.0 Å². The van der Waals surface area contributed by atoms with E-state index in [1.54, 1.807) is 0 Å². The molecule has 0 spiro atoms. The third-order valence-corrected chi connectivity index (χ3v) is 1.79. The SMILES string of the molecule is FC(F)(F)CN(C/C=C/Cl)CCBr. The molecule has 6 heteroatoms. The second-order valence-corrected chi connectivity index (χ2v) is 3.45. The highest BCUT2D eigenvalue weighted by Crippen LogP contribution is 2.16. The summed E-state index contributed by atoms with van der Waals surface area (Å²) >= 11 is 8.30. The fraction of sp³-hybridized carbons (Fsp3) is 0.714. The molecule has 0 atom stereocenters. The molecule has 0 aromatic carbocycles. The lowest BCUT2D eigenvalue weighted by Gasteiger charge is -2.20. The van der Waals surface area contributed by atoms with E-state index in [2.05, 4.69) is 15.9 Å². The summed E-state index contributed by atoms with van der Waals surface area (Å²) in [7, 11) is 0. The van der Waals surface area contributed by atoms with Gasteiger partial charge in [0.15, 0.2) is 0 Å². The van der Waals surface area contributed by atoms with Crippen LogP contribution >= 0.6 is 27.5 Å². The molecule has 0 N–H and O–H groups in total. The zero-order valence-electron chi connectivity index (χ0n) is 6.82. The standard InChI is InChI=1S/C7H10BrClF3N/c8-2-5-13(4-1-3-9)6-7(10,11)12/h1,3H,2,4-6H2/b3-1+. The summed E-state index contributed by atoms with van der Waals surface area (Å²) < 4.78 is 35.8. The first-order valence-corrected chi connectivity index (χ1v) is 5.15. The van der Waals surface area contributed by atoms with Crippen LogP contribution in [0.1, 0.15) is 0 Å². The van der Waals surface area contributed by atoms with Gasteiger partial charge in [-0.25, -0.2) is 0 Å². The number of hydrogen-bond acceptors (Lipinski definition) is 1. The Morgan fingerprint density at radius 1 is 1.38 bits per heavy atom. The average molecular weight is 281 g/mol. The highest BCUT2D eigenvalue weighted by molar-refractivity contribution is 9.09. The molecule has 0 radical (unpaired) electrons. The fourth-order valence-electron chi connectivity index (χ4n) is 0.797. The summed E-state index contributed by atoms with van der Waals surface area (Å²) in [4.78, 5) is 1.26. The van der Waals surface area contributed by atoms with Gasteiger partial charge in [0.05, 0.1) is 6.54 Å². The van der Waals surface area contributed by atoms with Crippen LogP contribution in [0.3, 0.4) is 0 Å². The Morgan fingerprint density at radius 3 is 2.38 bits per heavy atom. The highest BCUT2D eigenvalue weighted by atomic mass is 79.9. The van der Waals surface area contributed by atoms with Crippen LogP contribution in [0, 0.1) is 0 Å². The number of hydrogen-bond donors (Lipinski definition) is 0. The van der Waals surface area contributed by atoms with Crippen LogP contribution in [0.15, 0.2) is 11.6 Å². The molecule has 0 aromatic rings. The topological polar surface area (TPSA) is 3.24 Å². The van der Waals surface area contributed by atoms with Crippen molar-refractivity contribution in [3.05, 3.63) is 11.6 Å². The van der Waals surface area contributed by atoms with Crippen molar-refractivity contribution in [3.8, 4) is 0 Å². The Morgan fingerprint density at radius 2 is 2.00 bits per heavy atom. The molecule has 13 heavy (non-hydrogen) atoms. The Bertz CT molecular complexity index is 160. The van der Waals surface area contributed by atoms with Crippen molar-refractivity contribution in [3.63, 3.8) is 0 Å². The molecule has 0 amide bonds. The predicted octanol–water partition coefficient (Wildman–Crippen LogP) is 3.00. The minimum Gasteiger partial charge on any atom is -0.290 e. The molecule has 0 saturated heterocycles. The zero-order chi connectivity index (χ0) is 10.3. The van der Waals surface area contributed by atoms with E-state index in [-0.39, 0.29) is 6.54 Å². The summed E-state index contributed by atoms with van der Waals surface area (Å²) in [5, 5.41) is 0.513. The average Bonchev–Trinajstić information content (AvgIpc) is 1.98. The molecule has 0 saturated carbocycles. The number of alkyl halides is 4. The van der Waals surface area contributed by atoms with Gasteiger partial charge in [-0.05, 0) is 0 Å². The van der Waals surface area contributed by atoms with Crippen LogP contribution in [0.25, 0.3) is 0 Å². The van der Waals surface area contributed by atoms with Gasteiger partial charge in [-0.3, -0.25) is 4.90 Å². The molecule has 0 unspecified atom stereocenters. The molecule has 0 aliphatic heterocycles. The van der Waals surface area contributed by atoms with Crippen molar-refractivity contribution in [1.82, 2.24) is 4.90 Å². The molecule has 1 nitrogen and oxygen atoms in total. The quantitative estimate of drug-likeness (QED) is 0.700. The Labute approximate surface area is 88.7 Å². The third kappa shape index (κ3) is 8.59. The molecular weight excluding hydrogens is 270 g/mol. The van der Waals surface area contributed by atoms with Gasteiger partial charge < -0.3 is 0 Å². The van der Waals surface area contributed by atoms with Gasteiger partial charge in [0.1, 0.15) is 0 Å². The molecule has 78 valence electrons. The Hall–Kier alpha value is 0.260. The maximum absolute atomic E-state index is 11.9. The van der Waals surface area contributed by atoms with E-state index in [9.17, 15) is 13.2 Å². The van der Waals surface area contributed by atoms with Gasteiger partial charge in [-0.2, -0.15) is 13.2 Å². The van der Waals surface area contributed by atoms with Crippen LogP contribution in [-0.2, 0) is 0 Å². The minimum absolute atomic E-state index is 0.217. The van der Waals surface area contributed by atoms with Crippen LogP contribution in [0.4, 0.5) is 13.2 Å². The van der Waals surface area contributed by atoms with Crippen LogP contribution in [0.5, 0.6) is 0 Å². The van der Waals surface area contributed by atoms with Crippen molar-refractivity contribution in [2.75, 3.05) is 25.0 Å². The Kier molecular flexibility index (Phi) is 6.81. The third-order valence-electron chi connectivity index (χ3n) is 1.26. The lowest BCUT2D eigenvalue weighted by atomic mass is 10.4. The number of halogens is 5. The van der Waals surface area contributed by atoms with E-state index in [1.165, 1.54) is 16.5 Å². The smallest absolute Gasteiger partial charge is 0.290 e. The first kappa shape index (κ1) is 13.3. The molecule has 0 bridgehead atoms. The van der Waals surface area contributed by atoms with Crippen molar-refractivity contribution < 1.29 is 13.2 Å². The molecular formula is C7H10BrClF3N. The summed E-state index contributed by atoms with van der Waals surface area (Å²) in [6, 6.07) is 0. The molecule has 0 aliphatic carbocycles. The van der Waals surface area contributed by atoms with Gasteiger partial charge in [0.2, 0.25) is 0 Å². The lowest BCUT2D eigenvalue weighted by molar-refractivity contribution is -0.144. The van der Waals surface area contributed by atoms with E-state index < -0.39 is 12.7 Å². The Balaban J connectivity index is 3.93. The second kappa shape index (κ2) is 6.68. The van der Waals surface area contributed by atoms with Gasteiger partial charge in [0.25, 0.3) is 0 Å². The number of nitrogens with zero attached hydrogens (tertiary/aromatic N) is 1. The van der Waals surface area contributed by atoms with E-state index in [0.717, 1.165) is 0 Å². The van der Waals surface area contributed by atoms with Crippen molar-refractivity contribution in [1.29, 1.82) is 0 Å². The number of rotatable bonds is 5. The molecule has 0 fully saturated rings. The van der Waals surface area contributed by atoms with Crippen molar-refractivity contribution >= 4 is 27.5 Å². The zero-order valence-corrected chi connectivity index (χ0v) is 9.16. The minimum atomic E-state index is -4.15. The predicted molar refractivity (Wildman–Crippen MR) is 51.3 cm³/mol. The normalized spacial score (nSPS) is 13.1. The van der Waals surface area contributed by atoms with Crippen molar-refractivity contribution in [2.45, 2.75) is 6.18 Å².